The molecule has 2 unspecified atom stereocenters. The van der Waals surface area contributed by atoms with Gasteiger partial charge in [-0.15, -0.1) is 0 Å². The average Bonchev–Trinajstić information content (AvgIpc) is 3.29. The molecule has 72 heavy (non-hydrogen) atoms. The summed E-state index contributed by atoms with van der Waals surface area (Å²) in [6, 6.07) is 18.5. The molecule has 0 saturated carbocycles. The minimum absolute atomic E-state index is 0.0248. The summed E-state index contributed by atoms with van der Waals surface area (Å²) in [6.07, 6.45) is -17.5. The van der Waals surface area contributed by atoms with Gasteiger partial charge >= 0.3 is 24.7 Å². The number of alkyl halides is 12. The first kappa shape index (κ1) is 56.4. The normalized spacial score (nSPS) is 16.4. The van der Waals surface area contributed by atoms with Crippen molar-refractivity contribution in [3.63, 3.8) is 0 Å². The summed E-state index contributed by atoms with van der Waals surface area (Å²) in [5.74, 6) is -0.953. The maximum absolute atomic E-state index is 13.5. The number of rotatable bonds is 12. The van der Waals surface area contributed by atoms with Gasteiger partial charge in [-0.2, -0.15) is 52.7 Å². The zero-order chi connectivity index (χ0) is 53.3. The Balaban J connectivity index is 0.000000267. The second-order valence-corrected chi connectivity index (χ2v) is 17.5. The van der Waals surface area contributed by atoms with E-state index in [2.05, 4.69) is 9.98 Å². The molecule has 2 aliphatic heterocycles. The third kappa shape index (κ3) is 15.7. The van der Waals surface area contributed by atoms with Crippen LogP contribution < -0.4 is 22.9 Å². The van der Waals surface area contributed by atoms with Crippen molar-refractivity contribution in [3.05, 3.63) is 142 Å². The summed E-state index contributed by atoms with van der Waals surface area (Å²) in [5.41, 5.74) is 16.9. The van der Waals surface area contributed by atoms with E-state index >= 15 is 0 Å². The highest BCUT2D eigenvalue weighted by Crippen LogP contribution is 2.39. The molecule has 0 spiro atoms. The lowest BCUT2D eigenvalue weighted by Crippen LogP contribution is -2.45. The Morgan fingerprint density at radius 3 is 1.00 bits per heavy atom. The number of carbonyl (C=O) groups excluding carboxylic acids is 2. The fourth-order valence-electron chi connectivity index (χ4n) is 8.60. The van der Waals surface area contributed by atoms with Crippen molar-refractivity contribution in [1.82, 2.24) is 19.6 Å². The first-order chi connectivity index (χ1) is 33.5. The number of hydrogen-bond acceptors (Lipinski definition) is 6. The highest BCUT2D eigenvalue weighted by molar-refractivity contribution is 5.84. The van der Waals surface area contributed by atoms with Crippen molar-refractivity contribution in [1.29, 1.82) is 0 Å². The van der Waals surface area contributed by atoms with E-state index in [4.69, 9.17) is 22.9 Å². The van der Waals surface area contributed by atoms with Crippen molar-refractivity contribution in [3.8, 4) is 0 Å². The maximum atomic E-state index is 13.5. The van der Waals surface area contributed by atoms with Crippen LogP contribution in [0.3, 0.4) is 0 Å². The van der Waals surface area contributed by atoms with Gasteiger partial charge in [0.1, 0.15) is 12.1 Å². The SMILES string of the molecule is CN(Cc1cc(C(F)(F)F)cc(C(F)(F)F)c1)C(=O)C(c1ccccc1)N1CCC(N=C(N)N)CC1.CN(Cc1cc(C(F)(F)F)cc(C(F)(F)F)c1)C(=O)C(c1ccccc1)N1CCC(N=C(N)N)CC1. The summed E-state index contributed by atoms with van der Waals surface area (Å²) in [7, 11) is 2.72. The molecule has 2 heterocycles. The van der Waals surface area contributed by atoms with Gasteiger partial charge < -0.3 is 32.7 Å². The van der Waals surface area contributed by atoms with Crippen molar-refractivity contribution in [2.24, 2.45) is 32.9 Å². The van der Waals surface area contributed by atoms with Gasteiger partial charge in [0.2, 0.25) is 11.8 Å². The Bertz CT molecular complexity index is 2260. The van der Waals surface area contributed by atoms with Gasteiger partial charge in [-0.1, -0.05) is 60.7 Å². The van der Waals surface area contributed by atoms with Gasteiger partial charge in [0.25, 0.3) is 0 Å². The molecule has 0 aliphatic carbocycles. The van der Waals surface area contributed by atoms with Gasteiger partial charge in [0.05, 0.1) is 34.3 Å². The molecule has 4 aromatic rings. The van der Waals surface area contributed by atoms with Gasteiger partial charge in [0.15, 0.2) is 11.9 Å². The number of halogens is 12. The predicted molar refractivity (Wildman–Crippen MR) is 245 cm³/mol. The lowest BCUT2D eigenvalue weighted by Gasteiger charge is -2.37. The van der Waals surface area contributed by atoms with Gasteiger partial charge in [-0.3, -0.25) is 29.4 Å². The van der Waals surface area contributed by atoms with E-state index in [0.29, 0.717) is 87.3 Å². The van der Waals surface area contributed by atoms with Crippen LogP contribution >= 0.6 is 0 Å². The first-order valence-electron chi connectivity index (χ1n) is 22.3. The van der Waals surface area contributed by atoms with E-state index in [-0.39, 0.29) is 47.3 Å². The molecule has 8 N–H and O–H groups in total. The number of carbonyl (C=O) groups is 2. The van der Waals surface area contributed by atoms with Crippen LogP contribution in [0.2, 0.25) is 0 Å². The van der Waals surface area contributed by atoms with Crippen LogP contribution in [0.5, 0.6) is 0 Å². The summed E-state index contributed by atoms with van der Waals surface area (Å²) in [5, 5.41) is 0. The van der Waals surface area contributed by atoms with E-state index in [1.165, 1.54) is 14.1 Å². The average molecular weight is 1030 g/mol. The number of aliphatic imine (C=N–C) groups is 2. The van der Waals surface area contributed by atoms with E-state index in [1.54, 1.807) is 60.7 Å². The maximum Gasteiger partial charge on any atom is 0.416 e. The highest BCUT2D eigenvalue weighted by Gasteiger charge is 2.40. The van der Waals surface area contributed by atoms with Crippen molar-refractivity contribution in [2.45, 2.75) is 87.6 Å². The van der Waals surface area contributed by atoms with E-state index in [9.17, 15) is 62.3 Å². The molecule has 4 aromatic carbocycles. The Morgan fingerprint density at radius 2 is 0.764 bits per heavy atom. The quantitative estimate of drug-likeness (QED) is 0.0623. The van der Waals surface area contributed by atoms with E-state index in [0.717, 1.165) is 9.80 Å². The van der Waals surface area contributed by atoms with Crippen LogP contribution in [-0.2, 0) is 47.4 Å². The minimum Gasteiger partial charge on any atom is -0.370 e. The lowest BCUT2D eigenvalue weighted by atomic mass is 9.98. The van der Waals surface area contributed by atoms with E-state index in [1.807, 2.05) is 9.80 Å². The first-order valence-corrected chi connectivity index (χ1v) is 22.3. The molecule has 12 nitrogen and oxygen atoms in total. The fourth-order valence-corrected chi connectivity index (χ4v) is 8.60. The number of nitrogens with zero attached hydrogens (tertiary/aromatic N) is 6. The number of likely N-dealkylation sites (N-methyl/N-ethyl adjacent to an activating group) is 2. The monoisotopic (exact) mass is 1030 g/mol. The molecule has 2 atom stereocenters. The van der Waals surface area contributed by atoms with Crippen molar-refractivity contribution < 1.29 is 62.3 Å². The molecular formula is C48H54F12N10O2. The number of hydrogen-bond donors (Lipinski definition) is 4. The predicted octanol–water partition coefficient (Wildman–Crippen LogP) is 8.32. The van der Waals surface area contributed by atoms with Crippen LogP contribution in [0, 0.1) is 0 Å². The van der Waals surface area contributed by atoms with Crippen LogP contribution in [0.4, 0.5) is 52.7 Å². The van der Waals surface area contributed by atoms with Crippen LogP contribution in [0.1, 0.15) is 82.3 Å². The molecule has 392 valence electrons. The number of amides is 2. The summed E-state index contributed by atoms with van der Waals surface area (Å²) in [4.78, 5) is 41.5. The molecule has 2 amide bonds. The lowest BCUT2D eigenvalue weighted by molar-refractivity contribution is -0.144. The summed E-state index contributed by atoms with van der Waals surface area (Å²) in [6.45, 7) is 1.04. The highest BCUT2D eigenvalue weighted by atomic mass is 19.4. The van der Waals surface area contributed by atoms with Crippen LogP contribution in [-0.4, -0.2) is 95.7 Å². The zero-order valence-electron chi connectivity index (χ0n) is 39.0. The second-order valence-electron chi connectivity index (χ2n) is 17.5. The fraction of sp³-hybridized carbons (Fsp3) is 0.417. The molecule has 6 rings (SSSR count). The van der Waals surface area contributed by atoms with Crippen molar-refractivity contribution in [2.75, 3.05) is 40.3 Å². The minimum atomic E-state index is -4.97. The van der Waals surface area contributed by atoms with Gasteiger partial charge in [-0.25, -0.2) is 0 Å². The molecule has 24 heteroatoms. The molecule has 2 aliphatic rings. The summed E-state index contributed by atoms with van der Waals surface area (Å²) >= 11 is 0. The molecule has 0 radical (unpaired) electrons. The summed E-state index contributed by atoms with van der Waals surface area (Å²) < 4.78 is 159. The third-order valence-electron chi connectivity index (χ3n) is 12.0. The Hall–Kier alpha value is -6.56. The van der Waals surface area contributed by atoms with E-state index < -0.39 is 83.9 Å². The molecule has 2 fully saturated rings. The van der Waals surface area contributed by atoms with Crippen LogP contribution in [0.15, 0.2) is 107 Å². The third-order valence-corrected chi connectivity index (χ3v) is 12.0. The molecule has 0 aromatic heterocycles. The second kappa shape index (κ2) is 23.3. The Labute approximate surface area is 407 Å². The standard InChI is InChI=1S/2C24H27F6N5O/c2*1-34(14-15-11-17(23(25,26)27)13-18(12-15)24(28,29)30)21(36)20(16-5-3-2-4-6-16)35-9-7-19(8-10-35)33-22(31)32/h2*2-6,11-13,19-20H,7-10,14H2,1H3,(H4,31,32,33). The Kier molecular flexibility index (Phi) is 18.3. The van der Waals surface area contributed by atoms with Gasteiger partial charge in [-0.05, 0) is 84.3 Å². The number of benzene rings is 4. The smallest absolute Gasteiger partial charge is 0.370 e. The number of piperidine rings is 2. The van der Waals surface area contributed by atoms with Crippen molar-refractivity contribution >= 4 is 23.7 Å². The Morgan fingerprint density at radius 1 is 0.500 bits per heavy atom. The molecule has 0 bridgehead atoms. The topological polar surface area (TPSA) is 176 Å². The largest absolute Gasteiger partial charge is 0.416 e. The number of likely N-dealkylation sites (tertiary alicyclic amines) is 2. The number of nitrogens with two attached hydrogens (primary N) is 4. The number of guanidine groups is 2. The van der Waals surface area contributed by atoms with Crippen LogP contribution in [0.25, 0.3) is 0 Å². The molecular weight excluding hydrogens is 977 g/mol. The molecule has 2 saturated heterocycles. The van der Waals surface area contributed by atoms with Gasteiger partial charge in [0, 0.05) is 53.4 Å². The zero-order valence-corrected chi connectivity index (χ0v) is 39.0.